The number of piperidine rings is 1. The van der Waals surface area contributed by atoms with Crippen molar-refractivity contribution in [2.24, 2.45) is 0 Å². The number of halogens is 1. The highest BCUT2D eigenvalue weighted by Crippen LogP contribution is 2.28. The van der Waals surface area contributed by atoms with Crippen LogP contribution in [0.1, 0.15) is 34.8 Å². The van der Waals surface area contributed by atoms with Crippen LogP contribution < -0.4 is 4.74 Å². The Balaban J connectivity index is 1.49. The summed E-state index contributed by atoms with van der Waals surface area (Å²) in [5.41, 5.74) is 1.31. The van der Waals surface area contributed by atoms with Gasteiger partial charge in [-0.25, -0.2) is 9.37 Å². The number of pyridine rings is 1. The van der Waals surface area contributed by atoms with Crippen molar-refractivity contribution in [1.29, 1.82) is 0 Å². The van der Waals surface area contributed by atoms with Crippen molar-refractivity contribution in [2.75, 3.05) is 13.1 Å². The number of para-hydroxylation sites is 1. The molecule has 3 aromatic rings. The van der Waals surface area contributed by atoms with E-state index in [1.165, 1.54) is 12.3 Å². The first-order valence-electron chi connectivity index (χ1n) is 9.14. The van der Waals surface area contributed by atoms with Gasteiger partial charge in [-0.2, -0.15) is 0 Å². The summed E-state index contributed by atoms with van der Waals surface area (Å²) in [7, 11) is 0. The predicted octanol–water partition coefficient (Wildman–Crippen LogP) is 3.82. The normalized spacial score (nSPS) is 16.6. The molecule has 4 rings (SSSR count). The highest BCUT2D eigenvalue weighted by Gasteiger charge is 2.27. The molecule has 3 heterocycles. The SMILES string of the molecule is O=C(c1cccnc1)N1CCCC(c2cncc(Oc3ccccc3F)n2)C1. The van der Waals surface area contributed by atoms with Crippen LogP contribution in [0.4, 0.5) is 4.39 Å². The number of carbonyl (C=O) groups excluding carboxylic acids is 1. The molecular weight excluding hydrogens is 359 g/mol. The van der Waals surface area contributed by atoms with E-state index in [9.17, 15) is 9.18 Å². The van der Waals surface area contributed by atoms with Crippen molar-refractivity contribution in [3.63, 3.8) is 0 Å². The second kappa shape index (κ2) is 8.12. The van der Waals surface area contributed by atoms with E-state index in [0.29, 0.717) is 18.7 Å². The zero-order valence-corrected chi connectivity index (χ0v) is 15.2. The van der Waals surface area contributed by atoms with Gasteiger partial charge in [0.15, 0.2) is 11.6 Å². The Morgan fingerprint density at radius 1 is 1.11 bits per heavy atom. The number of carbonyl (C=O) groups is 1. The number of hydrogen-bond donors (Lipinski definition) is 0. The number of rotatable bonds is 4. The van der Waals surface area contributed by atoms with Gasteiger partial charge < -0.3 is 9.64 Å². The highest BCUT2D eigenvalue weighted by atomic mass is 19.1. The van der Waals surface area contributed by atoms with Crippen molar-refractivity contribution >= 4 is 5.91 Å². The minimum Gasteiger partial charge on any atom is -0.434 e. The summed E-state index contributed by atoms with van der Waals surface area (Å²) in [5.74, 6) is -0.111. The van der Waals surface area contributed by atoms with Gasteiger partial charge in [0.25, 0.3) is 5.91 Å². The molecule has 2 aromatic heterocycles. The molecule has 1 atom stereocenters. The molecule has 1 unspecified atom stereocenters. The molecule has 0 bridgehead atoms. The quantitative estimate of drug-likeness (QED) is 0.690. The summed E-state index contributed by atoms with van der Waals surface area (Å²) >= 11 is 0. The predicted molar refractivity (Wildman–Crippen MR) is 101 cm³/mol. The summed E-state index contributed by atoms with van der Waals surface area (Å²) in [6.07, 6.45) is 8.13. The third-order valence-corrected chi connectivity index (χ3v) is 4.72. The summed E-state index contributed by atoms with van der Waals surface area (Å²) in [6.45, 7) is 1.24. The van der Waals surface area contributed by atoms with Crippen molar-refractivity contribution in [1.82, 2.24) is 19.9 Å². The van der Waals surface area contributed by atoms with E-state index in [1.54, 1.807) is 48.9 Å². The standard InChI is InChI=1S/C21H19FN4O2/c22-17-7-1-2-8-19(17)28-20-13-24-12-18(25-20)16-6-4-10-26(14-16)21(27)15-5-3-9-23-11-15/h1-3,5,7-9,11-13,16H,4,6,10,14H2. The van der Waals surface area contributed by atoms with Crippen LogP contribution in [0.5, 0.6) is 11.6 Å². The van der Waals surface area contributed by atoms with Gasteiger partial charge in [-0.05, 0) is 37.1 Å². The van der Waals surface area contributed by atoms with Crippen LogP contribution in [0.25, 0.3) is 0 Å². The molecule has 1 saturated heterocycles. The van der Waals surface area contributed by atoms with Crippen LogP contribution >= 0.6 is 0 Å². The van der Waals surface area contributed by atoms with Crippen LogP contribution in [0.15, 0.2) is 61.2 Å². The first-order valence-corrected chi connectivity index (χ1v) is 9.14. The summed E-state index contributed by atoms with van der Waals surface area (Å²) < 4.78 is 19.4. The second-order valence-corrected chi connectivity index (χ2v) is 6.65. The maximum Gasteiger partial charge on any atom is 0.255 e. The zero-order valence-electron chi connectivity index (χ0n) is 15.2. The summed E-state index contributed by atoms with van der Waals surface area (Å²) in [4.78, 5) is 27.2. The highest BCUT2D eigenvalue weighted by molar-refractivity contribution is 5.94. The van der Waals surface area contributed by atoms with Gasteiger partial charge in [0, 0.05) is 37.6 Å². The lowest BCUT2D eigenvalue weighted by Gasteiger charge is -2.32. The lowest BCUT2D eigenvalue weighted by Crippen LogP contribution is -2.39. The molecule has 1 aromatic carbocycles. The minimum atomic E-state index is -0.458. The molecule has 1 aliphatic heterocycles. The van der Waals surface area contributed by atoms with Gasteiger partial charge in [-0.3, -0.25) is 14.8 Å². The van der Waals surface area contributed by atoms with Crippen LogP contribution in [-0.2, 0) is 0 Å². The Labute approximate surface area is 162 Å². The van der Waals surface area contributed by atoms with E-state index in [2.05, 4.69) is 15.0 Å². The molecule has 1 fully saturated rings. The maximum atomic E-state index is 13.8. The Morgan fingerprint density at radius 3 is 2.82 bits per heavy atom. The fourth-order valence-corrected chi connectivity index (χ4v) is 3.32. The molecule has 0 saturated carbocycles. The molecule has 6 nitrogen and oxygen atoms in total. The first-order chi connectivity index (χ1) is 13.7. The summed E-state index contributed by atoms with van der Waals surface area (Å²) in [5, 5.41) is 0. The number of aromatic nitrogens is 3. The Kier molecular flexibility index (Phi) is 5.23. The van der Waals surface area contributed by atoms with E-state index in [0.717, 1.165) is 18.5 Å². The fraction of sp³-hybridized carbons (Fsp3) is 0.238. The fourth-order valence-electron chi connectivity index (χ4n) is 3.32. The maximum absolute atomic E-state index is 13.8. The molecule has 1 amide bonds. The third-order valence-electron chi connectivity index (χ3n) is 4.72. The number of likely N-dealkylation sites (tertiary alicyclic amines) is 1. The van der Waals surface area contributed by atoms with Crippen LogP contribution in [-0.4, -0.2) is 38.8 Å². The van der Waals surface area contributed by atoms with Gasteiger partial charge >= 0.3 is 0 Å². The van der Waals surface area contributed by atoms with E-state index >= 15 is 0 Å². The van der Waals surface area contributed by atoms with Gasteiger partial charge in [0.05, 0.1) is 17.5 Å². The monoisotopic (exact) mass is 378 g/mol. The largest absolute Gasteiger partial charge is 0.434 e. The average molecular weight is 378 g/mol. The number of hydrogen-bond acceptors (Lipinski definition) is 5. The number of amides is 1. The molecule has 1 aliphatic rings. The molecule has 0 radical (unpaired) electrons. The smallest absolute Gasteiger partial charge is 0.255 e. The Morgan fingerprint density at radius 2 is 2.00 bits per heavy atom. The molecule has 0 aliphatic carbocycles. The lowest BCUT2D eigenvalue weighted by molar-refractivity contribution is 0.0705. The molecule has 0 spiro atoms. The van der Waals surface area contributed by atoms with Crippen molar-refractivity contribution in [2.45, 2.75) is 18.8 Å². The Bertz CT molecular complexity index is 967. The lowest BCUT2D eigenvalue weighted by atomic mass is 9.94. The van der Waals surface area contributed by atoms with Gasteiger partial charge in [0.2, 0.25) is 5.88 Å². The van der Waals surface area contributed by atoms with Crippen molar-refractivity contribution in [3.05, 3.63) is 78.3 Å². The van der Waals surface area contributed by atoms with Gasteiger partial charge in [-0.1, -0.05) is 12.1 Å². The van der Waals surface area contributed by atoms with E-state index < -0.39 is 5.82 Å². The Hall–Kier alpha value is -3.35. The number of ether oxygens (including phenoxy) is 1. The number of benzene rings is 1. The van der Waals surface area contributed by atoms with E-state index in [-0.39, 0.29) is 23.5 Å². The first kappa shape index (κ1) is 18.0. The number of nitrogens with zero attached hydrogens (tertiary/aromatic N) is 4. The van der Waals surface area contributed by atoms with Crippen LogP contribution in [0.3, 0.4) is 0 Å². The van der Waals surface area contributed by atoms with Crippen molar-refractivity contribution < 1.29 is 13.9 Å². The summed E-state index contributed by atoms with van der Waals surface area (Å²) in [6, 6.07) is 9.68. The van der Waals surface area contributed by atoms with E-state index in [1.807, 2.05) is 4.90 Å². The molecule has 0 N–H and O–H groups in total. The molecular formula is C21H19FN4O2. The van der Waals surface area contributed by atoms with Crippen LogP contribution in [0.2, 0.25) is 0 Å². The van der Waals surface area contributed by atoms with Crippen LogP contribution in [0, 0.1) is 5.82 Å². The minimum absolute atomic E-state index is 0.0375. The topological polar surface area (TPSA) is 68.2 Å². The third kappa shape index (κ3) is 3.98. The molecule has 142 valence electrons. The average Bonchev–Trinajstić information content (AvgIpc) is 2.76. The molecule has 7 heteroatoms. The van der Waals surface area contributed by atoms with Gasteiger partial charge in [0.1, 0.15) is 0 Å². The van der Waals surface area contributed by atoms with Crippen molar-refractivity contribution in [3.8, 4) is 11.6 Å². The molecule has 28 heavy (non-hydrogen) atoms. The second-order valence-electron chi connectivity index (χ2n) is 6.65. The van der Waals surface area contributed by atoms with Gasteiger partial charge in [-0.15, -0.1) is 0 Å². The zero-order chi connectivity index (χ0) is 19.3. The van der Waals surface area contributed by atoms with E-state index in [4.69, 9.17) is 4.74 Å².